The molecule has 1 unspecified atom stereocenters. The molecule has 23 heavy (non-hydrogen) atoms. The zero-order chi connectivity index (χ0) is 15.8. The molecule has 3 heterocycles. The van der Waals surface area contributed by atoms with Crippen LogP contribution in [0.4, 0.5) is 0 Å². The summed E-state index contributed by atoms with van der Waals surface area (Å²) in [6, 6.07) is 9.30. The maximum Gasteiger partial charge on any atom is 0.252 e. The van der Waals surface area contributed by atoms with E-state index in [0.717, 1.165) is 17.0 Å². The lowest BCUT2D eigenvalue weighted by Gasteiger charge is -2.24. The molecule has 1 saturated heterocycles. The van der Waals surface area contributed by atoms with Crippen LogP contribution < -0.4 is 0 Å². The number of aromatic nitrogens is 4. The summed E-state index contributed by atoms with van der Waals surface area (Å²) in [6.45, 7) is 6.61. The summed E-state index contributed by atoms with van der Waals surface area (Å²) in [4.78, 5) is 11.2. The monoisotopic (exact) mass is 307 g/mol. The molecule has 118 valence electrons. The Kier molecular flexibility index (Phi) is 3.58. The van der Waals surface area contributed by atoms with Gasteiger partial charge in [0.2, 0.25) is 0 Å². The van der Waals surface area contributed by atoms with Gasteiger partial charge in [-0.25, -0.2) is 9.50 Å². The van der Waals surface area contributed by atoms with Gasteiger partial charge in [-0.2, -0.15) is 10.1 Å². The topological polar surface area (TPSA) is 46.3 Å². The van der Waals surface area contributed by atoms with Crippen molar-refractivity contribution in [1.82, 2.24) is 24.5 Å². The molecule has 0 bridgehead atoms. The van der Waals surface area contributed by atoms with Crippen LogP contribution in [0, 0.1) is 6.92 Å². The predicted molar refractivity (Wildman–Crippen MR) is 90.2 cm³/mol. The van der Waals surface area contributed by atoms with Crippen molar-refractivity contribution >= 4 is 5.78 Å². The molecule has 0 radical (unpaired) electrons. The highest BCUT2D eigenvalue weighted by Gasteiger charge is 2.19. The molecule has 0 amide bonds. The molecule has 1 atom stereocenters. The van der Waals surface area contributed by atoms with Crippen molar-refractivity contribution in [1.29, 1.82) is 0 Å². The molecule has 4 rings (SSSR count). The minimum atomic E-state index is 0.491. The molecule has 3 aromatic rings. The van der Waals surface area contributed by atoms with E-state index in [9.17, 15) is 0 Å². The number of likely N-dealkylation sites (tertiary alicyclic amines) is 1. The fourth-order valence-electron chi connectivity index (χ4n) is 3.33. The van der Waals surface area contributed by atoms with E-state index in [4.69, 9.17) is 0 Å². The van der Waals surface area contributed by atoms with Gasteiger partial charge in [0.1, 0.15) is 5.82 Å². The van der Waals surface area contributed by atoms with Gasteiger partial charge in [-0.15, -0.1) is 0 Å². The van der Waals surface area contributed by atoms with Gasteiger partial charge >= 0.3 is 0 Å². The molecule has 1 aliphatic heterocycles. The van der Waals surface area contributed by atoms with Crippen LogP contribution in [0.1, 0.15) is 37.2 Å². The molecule has 0 spiro atoms. The van der Waals surface area contributed by atoms with E-state index >= 15 is 0 Å². The third-order valence-corrected chi connectivity index (χ3v) is 4.71. The van der Waals surface area contributed by atoms with Crippen LogP contribution in [-0.4, -0.2) is 37.6 Å². The highest BCUT2D eigenvalue weighted by molar-refractivity contribution is 5.62. The predicted octanol–water partition coefficient (Wildman–Crippen LogP) is 3.26. The van der Waals surface area contributed by atoms with Crippen molar-refractivity contribution in [2.24, 2.45) is 0 Å². The fourth-order valence-corrected chi connectivity index (χ4v) is 3.33. The average Bonchev–Trinajstić information content (AvgIpc) is 3.22. The van der Waals surface area contributed by atoms with Gasteiger partial charge in [-0.1, -0.05) is 24.3 Å². The van der Waals surface area contributed by atoms with E-state index < -0.39 is 0 Å². The van der Waals surface area contributed by atoms with E-state index in [2.05, 4.69) is 51.2 Å². The number of aryl methyl sites for hydroxylation is 1. The van der Waals surface area contributed by atoms with Crippen LogP contribution in [0.25, 0.3) is 16.9 Å². The summed E-state index contributed by atoms with van der Waals surface area (Å²) in [5.41, 5.74) is 3.59. The molecule has 0 aliphatic carbocycles. The first kappa shape index (κ1) is 14.3. The number of hydrogen-bond acceptors (Lipinski definition) is 4. The zero-order valence-corrected chi connectivity index (χ0v) is 13.6. The van der Waals surface area contributed by atoms with E-state index in [1.54, 1.807) is 4.52 Å². The van der Waals surface area contributed by atoms with Crippen LogP contribution in [-0.2, 0) is 0 Å². The Morgan fingerprint density at radius 1 is 1.04 bits per heavy atom. The van der Waals surface area contributed by atoms with Crippen LogP contribution >= 0.6 is 0 Å². The Morgan fingerprint density at radius 2 is 1.78 bits per heavy atom. The normalized spacial score (nSPS) is 17.0. The van der Waals surface area contributed by atoms with E-state index in [-0.39, 0.29) is 0 Å². The van der Waals surface area contributed by atoms with Crippen LogP contribution in [0.5, 0.6) is 0 Å². The maximum absolute atomic E-state index is 4.38. The Balaban J connectivity index is 1.61. The number of fused-ring (bicyclic) bond motifs is 1. The molecule has 1 aliphatic rings. The standard InChI is InChI=1S/C18H21N5/c1-13(22-9-3-4-10-22)15-5-7-16(8-6-15)17-11-19-18-20-14(2)21-23(18)12-17/h5-8,11-13H,3-4,9-10H2,1-2H3. The number of benzene rings is 1. The molecular formula is C18H21N5. The van der Waals surface area contributed by atoms with Crippen LogP contribution in [0.2, 0.25) is 0 Å². The van der Waals surface area contributed by atoms with Crippen molar-refractivity contribution in [3.63, 3.8) is 0 Å². The van der Waals surface area contributed by atoms with Gasteiger partial charge in [0.25, 0.3) is 5.78 Å². The largest absolute Gasteiger partial charge is 0.297 e. The number of rotatable bonds is 3. The molecule has 0 N–H and O–H groups in total. The lowest BCUT2D eigenvalue weighted by Crippen LogP contribution is -2.23. The average molecular weight is 307 g/mol. The van der Waals surface area contributed by atoms with Gasteiger partial charge in [0, 0.05) is 24.0 Å². The summed E-state index contributed by atoms with van der Waals surface area (Å²) in [7, 11) is 0. The van der Waals surface area contributed by atoms with E-state index in [1.165, 1.54) is 31.5 Å². The van der Waals surface area contributed by atoms with Crippen molar-refractivity contribution < 1.29 is 0 Å². The Labute approximate surface area is 136 Å². The quantitative estimate of drug-likeness (QED) is 0.745. The molecular weight excluding hydrogens is 286 g/mol. The molecule has 5 heteroatoms. The van der Waals surface area contributed by atoms with Crippen LogP contribution in [0.3, 0.4) is 0 Å². The first-order valence-electron chi connectivity index (χ1n) is 8.24. The van der Waals surface area contributed by atoms with Gasteiger partial charge in [0.05, 0.1) is 0 Å². The van der Waals surface area contributed by atoms with Gasteiger partial charge in [-0.3, -0.25) is 4.90 Å². The lowest BCUT2D eigenvalue weighted by atomic mass is 10.0. The molecule has 5 nitrogen and oxygen atoms in total. The fraction of sp³-hybridized carbons (Fsp3) is 0.389. The van der Waals surface area contributed by atoms with E-state index in [0.29, 0.717) is 11.8 Å². The smallest absolute Gasteiger partial charge is 0.252 e. The molecule has 1 fully saturated rings. The first-order chi connectivity index (χ1) is 11.2. The Hall–Kier alpha value is -2.27. The summed E-state index contributed by atoms with van der Waals surface area (Å²) in [5.74, 6) is 1.38. The van der Waals surface area contributed by atoms with Gasteiger partial charge in [0.15, 0.2) is 0 Å². The molecule has 2 aromatic heterocycles. The highest BCUT2D eigenvalue weighted by atomic mass is 15.3. The SMILES string of the molecule is Cc1nc2ncc(-c3ccc(C(C)N4CCCC4)cc3)cn2n1. The van der Waals surface area contributed by atoms with Crippen molar-refractivity contribution in [3.05, 3.63) is 48.0 Å². The maximum atomic E-state index is 4.38. The Bertz CT molecular complexity index is 815. The molecule has 0 saturated carbocycles. The third kappa shape index (κ3) is 2.72. The zero-order valence-electron chi connectivity index (χ0n) is 13.6. The second kappa shape index (κ2) is 5.74. The first-order valence-corrected chi connectivity index (χ1v) is 8.24. The van der Waals surface area contributed by atoms with E-state index in [1.807, 2.05) is 19.3 Å². The van der Waals surface area contributed by atoms with Gasteiger partial charge < -0.3 is 0 Å². The minimum Gasteiger partial charge on any atom is -0.297 e. The number of hydrogen-bond donors (Lipinski definition) is 0. The summed E-state index contributed by atoms with van der Waals surface area (Å²) >= 11 is 0. The minimum absolute atomic E-state index is 0.491. The van der Waals surface area contributed by atoms with Crippen LogP contribution in [0.15, 0.2) is 36.7 Å². The highest BCUT2D eigenvalue weighted by Crippen LogP contribution is 2.27. The second-order valence-corrected chi connectivity index (χ2v) is 6.29. The summed E-state index contributed by atoms with van der Waals surface area (Å²) < 4.78 is 1.74. The second-order valence-electron chi connectivity index (χ2n) is 6.29. The third-order valence-electron chi connectivity index (χ3n) is 4.71. The Morgan fingerprint density at radius 3 is 2.52 bits per heavy atom. The lowest BCUT2D eigenvalue weighted by molar-refractivity contribution is 0.263. The van der Waals surface area contributed by atoms with Gasteiger partial charge in [-0.05, 0) is 50.9 Å². The number of nitrogens with zero attached hydrogens (tertiary/aromatic N) is 5. The van der Waals surface area contributed by atoms with Crippen molar-refractivity contribution in [3.8, 4) is 11.1 Å². The van der Waals surface area contributed by atoms with Crippen molar-refractivity contribution in [2.75, 3.05) is 13.1 Å². The molecule has 1 aromatic carbocycles. The summed E-state index contributed by atoms with van der Waals surface area (Å²) in [6.07, 6.45) is 6.50. The van der Waals surface area contributed by atoms with Crippen molar-refractivity contribution in [2.45, 2.75) is 32.7 Å². The summed E-state index contributed by atoms with van der Waals surface area (Å²) in [5, 5.41) is 4.33.